The lowest BCUT2D eigenvalue weighted by Crippen LogP contribution is -2.38. The minimum absolute atomic E-state index is 0.00916. The minimum Gasteiger partial charge on any atom is -0.349 e. The predicted molar refractivity (Wildman–Crippen MR) is 94.2 cm³/mol. The summed E-state index contributed by atoms with van der Waals surface area (Å²) < 4.78 is 0. The fourth-order valence-corrected chi connectivity index (χ4v) is 2.65. The van der Waals surface area contributed by atoms with Crippen LogP contribution in [-0.2, 0) is 4.79 Å². The molecule has 0 aliphatic heterocycles. The van der Waals surface area contributed by atoms with Crippen LogP contribution in [0.25, 0.3) is 6.08 Å². The first-order valence-corrected chi connectivity index (χ1v) is 8.28. The molecule has 4 nitrogen and oxygen atoms in total. The molecule has 0 atom stereocenters. The van der Waals surface area contributed by atoms with Crippen molar-refractivity contribution >= 4 is 29.2 Å². The van der Waals surface area contributed by atoms with Crippen molar-refractivity contribution in [3.8, 4) is 0 Å². The van der Waals surface area contributed by atoms with E-state index < -0.39 is 0 Å². The summed E-state index contributed by atoms with van der Waals surface area (Å²) in [7, 11) is 0. The van der Waals surface area contributed by atoms with E-state index in [1.54, 1.807) is 18.2 Å². The molecule has 2 N–H and O–H groups in total. The van der Waals surface area contributed by atoms with E-state index in [9.17, 15) is 9.59 Å². The Morgan fingerprint density at radius 2 is 1.96 bits per heavy atom. The van der Waals surface area contributed by atoms with Crippen molar-refractivity contribution in [2.75, 3.05) is 0 Å². The summed E-state index contributed by atoms with van der Waals surface area (Å²) >= 11 is 1.51. The van der Waals surface area contributed by atoms with Crippen LogP contribution >= 0.6 is 11.3 Å². The van der Waals surface area contributed by atoms with Crippen molar-refractivity contribution in [1.29, 1.82) is 0 Å². The molecule has 120 valence electrons. The molecule has 0 bridgehead atoms. The van der Waals surface area contributed by atoms with Gasteiger partial charge in [-0.2, -0.15) is 0 Å². The second kappa shape index (κ2) is 7.74. The topological polar surface area (TPSA) is 58.2 Å². The van der Waals surface area contributed by atoms with E-state index in [0.717, 1.165) is 10.4 Å². The molecule has 0 saturated carbocycles. The van der Waals surface area contributed by atoms with Crippen LogP contribution in [0.1, 0.15) is 34.6 Å². The molecule has 1 heterocycles. The van der Waals surface area contributed by atoms with Gasteiger partial charge < -0.3 is 10.6 Å². The Balaban J connectivity index is 2.24. The number of thiophene rings is 1. The molecular formula is C18H20N2O2S. The zero-order valence-electron chi connectivity index (χ0n) is 13.4. The van der Waals surface area contributed by atoms with Crippen LogP contribution in [0.3, 0.4) is 0 Å². The van der Waals surface area contributed by atoms with E-state index >= 15 is 0 Å². The summed E-state index contributed by atoms with van der Waals surface area (Å²) in [5, 5.41) is 7.45. The molecular weight excluding hydrogens is 308 g/mol. The lowest BCUT2D eigenvalue weighted by molar-refractivity contribution is -0.118. The van der Waals surface area contributed by atoms with E-state index in [1.807, 2.05) is 50.4 Å². The smallest absolute Gasteiger partial charge is 0.268 e. The van der Waals surface area contributed by atoms with Gasteiger partial charge in [0.25, 0.3) is 11.8 Å². The van der Waals surface area contributed by atoms with Crippen molar-refractivity contribution in [1.82, 2.24) is 10.6 Å². The molecule has 1 aromatic carbocycles. The average Bonchev–Trinajstić information content (AvgIpc) is 2.98. The van der Waals surface area contributed by atoms with E-state index in [-0.39, 0.29) is 23.6 Å². The fraction of sp³-hybridized carbons (Fsp3) is 0.222. The maximum absolute atomic E-state index is 12.4. The lowest BCUT2D eigenvalue weighted by atomic mass is 10.1. The van der Waals surface area contributed by atoms with Crippen molar-refractivity contribution in [2.24, 2.45) is 0 Å². The Morgan fingerprint density at radius 3 is 2.57 bits per heavy atom. The summed E-state index contributed by atoms with van der Waals surface area (Å²) in [5.74, 6) is -0.593. The lowest BCUT2D eigenvalue weighted by Gasteiger charge is -2.13. The largest absolute Gasteiger partial charge is 0.349 e. The molecule has 0 aliphatic carbocycles. The van der Waals surface area contributed by atoms with Gasteiger partial charge in [0.05, 0.1) is 0 Å². The highest BCUT2D eigenvalue weighted by atomic mass is 32.1. The van der Waals surface area contributed by atoms with Gasteiger partial charge in [0.2, 0.25) is 0 Å². The Morgan fingerprint density at radius 1 is 1.17 bits per heavy atom. The molecule has 0 unspecified atom stereocenters. The molecule has 2 amide bonds. The standard InChI is InChI=1S/C18H20N2O2S/c1-12(2)19-18(22)16(11-15-8-5-9-23-15)20-17(21)14-7-4-6-13(3)10-14/h4-12H,1-3H3,(H,19,22)(H,20,21)/b16-11-. The Bertz CT molecular complexity index is 718. The van der Waals surface area contributed by atoms with Crippen LogP contribution in [0, 0.1) is 6.92 Å². The molecule has 2 aromatic rings. The molecule has 0 radical (unpaired) electrons. The summed E-state index contributed by atoms with van der Waals surface area (Å²) in [6.07, 6.45) is 1.69. The van der Waals surface area contributed by atoms with Crippen molar-refractivity contribution < 1.29 is 9.59 Å². The molecule has 0 fully saturated rings. The normalized spacial score (nSPS) is 11.4. The number of hydrogen-bond acceptors (Lipinski definition) is 3. The molecule has 0 aliphatic rings. The van der Waals surface area contributed by atoms with Gasteiger partial charge in [0.1, 0.15) is 5.70 Å². The second-order valence-corrected chi connectivity index (χ2v) is 6.50. The van der Waals surface area contributed by atoms with Crippen molar-refractivity contribution in [3.05, 3.63) is 63.5 Å². The highest BCUT2D eigenvalue weighted by Crippen LogP contribution is 2.13. The van der Waals surface area contributed by atoms with Crippen molar-refractivity contribution in [2.45, 2.75) is 26.8 Å². The third kappa shape index (κ3) is 5.07. The van der Waals surface area contributed by atoms with Gasteiger partial charge in [-0.3, -0.25) is 9.59 Å². The number of nitrogens with one attached hydrogen (secondary N) is 2. The Labute approximate surface area is 140 Å². The van der Waals surface area contributed by atoms with Crippen LogP contribution in [0.15, 0.2) is 47.5 Å². The number of carbonyl (C=O) groups excluding carboxylic acids is 2. The monoisotopic (exact) mass is 328 g/mol. The van der Waals surface area contributed by atoms with Gasteiger partial charge in [-0.05, 0) is 50.4 Å². The molecule has 5 heteroatoms. The van der Waals surface area contributed by atoms with Crippen LogP contribution < -0.4 is 10.6 Å². The molecule has 1 aromatic heterocycles. The maximum atomic E-state index is 12.4. The summed E-state index contributed by atoms with van der Waals surface area (Å²) in [6, 6.07) is 11.0. The minimum atomic E-state index is -0.297. The Hall–Kier alpha value is -2.40. The fourth-order valence-electron chi connectivity index (χ4n) is 1.99. The summed E-state index contributed by atoms with van der Waals surface area (Å²) in [4.78, 5) is 25.6. The van der Waals surface area contributed by atoms with Crippen LogP contribution in [0.2, 0.25) is 0 Å². The zero-order chi connectivity index (χ0) is 16.8. The summed E-state index contributed by atoms with van der Waals surface area (Å²) in [6.45, 7) is 5.68. The van der Waals surface area contributed by atoms with Gasteiger partial charge in [-0.25, -0.2) is 0 Å². The third-order valence-corrected chi connectivity index (χ3v) is 3.84. The Kier molecular flexibility index (Phi) is 5.71. The molecule has 0 spiro atoms. The van der Waals surface area contributed by atoms with Gasteiger partial charge >= 0.3 is 0 Å². The van der Waals surface area contributed by atoms with E-state index in [0.29, 0.717) is 5.56 Å². The number of rotatable bonds is 5. The third-order valence-electron chi connectivity index (χ3n) is 3.02. The van der Waals surface area contributed by atoms with Gasteiger partial charge in [0, 0.05) is 16.5 Å². The van der Waals surface area contributed by atoms with Crippen molar-refractivity contribution in [3.63, 3.8) is 0 Å². The summed E-state index contributed by atoms with van der Waals surface area (Å²) in [5.41, 5.74) is 1.76. The highest BCUT2D eigenvalue weighted by Gasteiger charge is 2.15. The highest BCUT2D eigenvalue weighted by molar-refractivity contribution is 7.10. The number of benzene rings is 1. The quantitative estimate of drug-likeness (QED) is 0.827. The number of aryl methyl sites for hydroxylation is 1. The number of carbonyl (C=O) groups is 2. The van der Waals surface area contributed by atoms with Gasteiger partial charge in [-0.15, -0.1) is 11.3 Å². The predicted octanol–water partition coefficient (Wildman–Crippen LogP) is 3.35. The first-order valence-electron chi connectivity index (χ1n) is 7.40. The number of amides is 2. The molecule has 0 saturated heterocycles. The first kappa shape index (κ1) is 17.0. The van der Waals surface area contributed by atoms with Crippen LogP contribution in [-0.4, -0.2) is 17.9 Å². The molecule has 2 rings (SSSR count). The van der Waals surface area contributed by atoms with Gasteiger partial charge in [0.15, 0.2) is 0 Å². The van der Waals surface area contributed by atoms with Gasteiger partial charge in [-0.1, -0.05) is 23.8 Å². The van der Waals surface area contributed by atoms with E-state index in [4.69, 9.17) is 0 Å². The second-order valence-electron chi connectivity index (χ2n) is 5.53. The zero-order valence-corrected chi connectivity index (χ0v) is 14.2. The molecule has 23 heavy (non-hydrogen) atoms. The van der Waals surface area contributed by atoms with E-state index in [1.165, 1.54) is 11.3 Å². The maximum Gasteiger partial charge on any atom is 0.268 e. The number of hydrogen-bond donors (Lipinski definition) is 2. The average molecular weight is 328 g/mol. The van der Waals surface area contributed by atoms with E-state index in [2.05, 4.69) is 10.6 Å². The van der Waals surface area contributed by atoms with Crippen LogP contribution in [0.5, 0.6) is 0 Å². The SMILES string of the molecule is Cc1cccc(C(=O)N/C(=C\c2cccs2)C(=O)NC(C)C)c1. The van der Waals surface area contributed by atoms with Crippen LogP contribution in [0.4, 0.5) is 0 Å². The first-order chi connectivity index (χ1) is 11.0.